The fourth-order valence-corrected chi connectivity index (χ4v) is 11.0. The Morgan fingerprint density at radius 1 is 0.276 bits per heavy atom. The van der Waals surface area contributed by atoms with Crippen molar-refractivity contribution >= 4 is 17.9 Å². The van der Waals surface area contributed by atoms with Crippen molar-refractivity contribution in [1.82, 2.24) is 0 Å². The Balaban J connectivity index is 4.24. The molecule has 0 fully saturated rings. The van der Waals surface area contributed by atoms with Gasteiger partial charge in [-0.25, -0.2) is 0 Å². The van der Waals surface area contributed by atoms with Crippen LogP contribution < -0.4 is 0 Å². The minimum Gasteiger partial charge on any atom is -0.462 e. The summed E-state index contributed by atoms with van der Waals surface area (Å²) in [5, 5.41) is 0. The highest BCUT2D eigenvalue weighted by Gasteiger charge is 2.20. The molecule has 0 spiro atoms. The molecular formula is C70H136O6. The summed E-state index contributed by atoms with van der Waals surface area (Å²) in [6.45, 7) is 11.5. The predicted octanol–water partition coefficient (Wildman–Crippen LogP) is 23.6. The molecule has 0 aliphatic heterocycles. The zero-order valence-electron chi connectivity index (χ0n) is 52.4. The van der Waals surface area contributed by atoms with Gasteiger partial charge in [0.15, 0.2) is 6.10 Å². The van der Waals surface area contributed by atoms with Crippen molar-refractivity contribution in [2.45, 2.75) is 407 Å². The van der Waals surface area contributed by atoms with Crippen molar-refractivity contribution in [3.05, 3.63) is 0 Å². The van der Waals surface area contributed by atoms with E-state index in [9.17, 15) is 14.4 Å². The molecule has 0 saturated carbocycles. The van der Waals surface area contributed by atoms with Crippen molar-refractivity contribution in [2.75, 3.05) is 13.2 Å². The van der Waals surface area contributed by atoms with Crippen LogP contribution in [-0.4, -0.2) is 37.2 Å². The van der Waals surface area contributed by atoms with Crippen molar-refractivity contribution in [3.8, 4) is 0 Å². The lowest BCUT2D eigenvalue weighted by molar-refractivity contribution is -0.167. The fourth-order valence-electron chi connectivity index (χ4n) is 11.0. The van der Waals surface area contributed by atoms with Crippen molar-refractivity contribution < 1.29 is 28.6 Å². The zero-order chi connectivity index (χ0) is 55.3. The van der Waals surface area contributed by atoms with Gasteiger partial charge in [0.1, 0.15) is 13.2 Å². The first-order valence-corrected chi connectivity index (χ1v) is 34.8. The Morgan fingerprint density at radius 3 is 0.750 bits per heavy atom. The van der Waals surface area contributed by atoms with E-state index >= 15 is 0 Å². The van der Waals surface area contributed by atoms with Gasteiger partial charge in [0.25, 0.3) is 0 Å². The molecule has 1 unspecified atom stereocenters. The minimum atomic E-state index is -0.764. The first-order chi connectivity index (χ1) is 37.3. The van der Waals surface area contributed by atoms with Crippen molar-refractivity contribution in [3.63, 3.8) is 0 Å². The molecular weight excluding hydrogens is 937 g/mol. The maximum Gasteiger partial charge on any atom is 0.306 e. The monoisotopic (exact) mass is 1070 g/mol. The topological polar surface area (TPSA) is 78.9 Å². The smallest absolute Gasteiger partial charge is 0.306 e. The number of hydrogen-bond donors (Lipinski definition) is 0. The van der Waals surface area contributed by atoms with E-state index in [0.717, 1.165) is 69.6 Å². The molecule has 6 heteroatoms. The second kappa shape index (κ2) is 62.6. The molecule has 0 saturated heterocycles. The summed E-state index contributed by atoms with van der Waals surface area (Å²) in [6.07, 6.45) is 71.1. The summed E-state index contributed by atoms with van der Waals surface area (Å²) < 4.78 is 17.0. The molecule has 6 nitrogen and oxygen atoms in total. The highest BCUT2D eigenvalue weighted by Crippen LogP contribution is 2.20. The first-order valence-electron chi connectivity index (χ1n) is 34.8. The standard InChI is InChI=1S/C70H136O6/c1-6-8-9-10-11-12-13-14-23-32-37-42-47-52-57-62-70(73)76-67(63-74-68(71)60-55-50-45-40-35-30-26-21-17-15-19-24-28-33-38-43-48-53-58-65(3)4)64-75-69(72)61-56-51-46-41-36-31-27-22-18-16-20-25-29-34-39-44-49-54-59-66(5)7-2/h65-67H,6-64H2,1-5H3/t66?,67-/m0/s1. The van der Waals surface area contributed by atoms with Crippen LogP contribution in [-0.2, 0) is 28.6 Å². The van der Waals surface area contributed by atoms with Crippen LogP contribution >= 0.6 is 0 Å². The Kier molecular flexibility index (Phi) is 61.3. The highest BCUT2D eigenvalue weighted by molar-refractivity contribution is 5.71. The van der Waals surface area contributed by atoms with Crippen LogP contribution in [0.2, 0.25) is 0 Å². The predicted molar refractivity (Wildman–Crippen MR) is 330 cm³/mol. The summed E-state index contributed by atoms with van der Waals surface area (Å²) in [7, 11) is 0. The lowest BCUT2D eigenvalue weighted by Gasteiger charge is -2.18. The summed E-state index contributed by atoms with van der Waals surface area (Å²) in [5.74, 6) is 0.944. The van der Waals surface area contributed by atoms with Gasteiger partial charge in [-0.05, 0) is 31.1 Å². The molecule has 0 aromatic rings. The van der Waals surface area contributed by atoms with E-state index in [2.05, 4.69) is 34.6 Å². The van der Waals surface area contributed by atoms with Gasteiger partial charge >= 0.3 is 17.9 Å². The molecule has 0 aromatic carbocycles. The average molecular weight is 1070 g/mol. The molecule has 2 atom stereocenters. The summed E-state index contributed by atoms with van der Waals surface area (Å²) >= 11 is 0. The number of esters is 3. The van der Waals surface area contributed by atoms with Crippen LogP contribution in [0.3, 0.4) is 0 Å². The van der Waals surface area contributed by atoms with Gasteiger partial charge in [0.2, 0.25) is 0 Å². The molecule has 0 amide bonds. The van der Waals surface area contributed by atoms with Crippen LogP contribution in [0.1, 0.15) is 401 Å². The van der Waals surface area contributed by atoms with Gasteiger partial charge < -0.3 is 14.2 Å². The average Bonchev–Trinajstić information content (AvgIpc) is 3.41. The maximum atomic E-state index is 12.9. The summed E-state index contributed by atoms with van der Waals surface area (Å²) in [4.78, 5) is 38.4. The number of hydrogen-bond acceptors (Lipinski definition) is 6. The Labute approximate surface area is 476 Å². The Bertz CT molecular complexity index is 1170. The van der Waals surface area contributed by atoms with Gasteiger partial charge in [0, 0.05) is 19.3 Å². The van der Waals surface area contributed by atoms with E-state index in [1.54, 1.807) is 0 Å². The Hall–Kier alpha value is -1.59. The SMILES string of the molecule is CCCCCCCCCCCCCCCCCC(=O)O[C@@H](COC(=O)CCCCCCCCCCCCCCCCCCCCC(C)C)COC(=O)CCCCCCCCCCCCCCCCCCCCC(C)CC. The van der Waals surface area contributed by atoms with E-state index in [1.807, 2.05) is 0 Å². The van der Waals surface area contributed by atoms with Gasteiger partial charge in [-0.2, -0.15) is 0 Å². The fraction of sp³-hybridized carbons (Fsp3) is 0.957. The first kappa shape index (κ1) is 74.4. The molecule has 0 N–H and O–H groups in total. The number of carbonyl (C=O) groups is 3. The van der Waals surface area contributed by atoms with Crippen molar-refractivity contribution in [2.24, 2.45) is 11.8 Å². The van der Waals surface area contributed by atoms with Crippen LogP contribution in [0.4, 0.5) is 0 Å². The third kappa shape index (κ3) is 61.6. The number of carbonyl (C=O) groups excluding carboxylic acids is 3. The summed E-state index contributed by atoms with van der Waals surface area (Å²) in [6, 6.07) is 0. The summed E-state index contributed by atoms with van der Waals surface area (Å²) in [5.41, 5.74) is 0. The van der Waals surface area contributed by atoms with Gasteiger partial charge in [-0.3, -0.25) is 14.4 Å². The normalized spacial score (nSPS) is 12.4. The van der Waals surface area contributed by atoms with E-state index in [-0.39, 0.29) is 31.1 Å². The molecule has 0 heterocycles. The van der Waals surface area contributed by atoms with Gasteiger partial charge in [-0.1, -0.05) is 362 Å². The van der Waals surface area contributed by atoms with Crippen LogP contribution in [0.5, 0.6) is 0 Å². The minimum absolute atomic E-state index is 0.0612. The van der Waals surface area contributed by atoms with E-state index in [1.165, 1.54) is 289 Å². The number of rotatable bonds is 64. The molecule has 0 aliphatic rings. The van der Waals surface area contributed by atoms with E-state index in [4.69, 9.17) is 14.2 Å². The molecule has 0 aliphatic carbocycles. The molecule has 76 heavy (non-hydrogen) atoms. The van der Waals surface area contributed by atoms with Crippen LogP contribution in [0, 0.1) is 11.8 Å². The van der Waals surface area contributed by atoms with Crippen LogP contribution in [0.15, 0.2) is 0 Å². The third-order valence-electron chi connectivity index (χ3n) is 16.6. The second-order valence-electron chi connectivity index (χ2n) is 24.9. The largest absolute Gasteiger partial charge is 0.462 e. The Morgan fingerprint density at radius 2 is 0.500 bits per heavy atom. The number of unbranched alkanes of at least 4 members (excludes halogenated alkanes) is 48. The van der Waals surface area contributed by atoms with Gasteiger partial charge in [-0.15, -0.1) is 0 Å². The molecule has 0 rings (SSSR count). The quantitative estimate of drug-likeness (QED) is 0.0343. The number of ether oxygens (including phenoxy) is 3. The highest BCUT2D eigenvalue weighted by atomic mass is 16.6. The molecule has 0 aromatic heterocycles. The second-order valence-corrected chi connectivity index (χ2v) is 24.9. The molecule has 0 bridgehead atoms. The lowest BCUT2D eigenvalue weighted by atomic mass is 9.99. The third-order valence-corrected chi connectivity index (χ3v) is 16.6. The molecule has 0 radical (unpaired) electrons. The van der Waals surface area contributed by atoms with E-state index in [0.29, 0.717) is 19.3 Å². The van der Waals surface area contributed by atoms with Gasteiger partial charge in [0.05, 0.1) is 0 Å². The lowest BCUT2D eigenvalue weighted by Crippen LogP contribution is -2.30. The molecule has 452 valence electrons. The van der Waals surface area contributed by atoms with Crippen LogP contribution in [0.25, 0.3) is 0 Å². The van der Waals surface area contributed by atoms with E-state index < -0.39 is 6.10 Å². The maximum absolute atomic E-state index is 12.9. The van der Waals surface area contributed by atoms with Crippen molar-refractivity contribution in [1.29, 1.82) is 0 Å². The zero-order valence-corrected chi connectivity index (χ0v) is 52.4.